The van der Waals surface area contributed by atoms with Crippen molar-refractivity contribution in [3.8, 4) is 5.69 Å². The van der Waals surface area contributed by atoms with E-state index in [0.717, 1.165) is 44.4 Å². The quantitative estimate of drug-likeness (QED) is 0.365. The summed E-state index contributed by atoms with van der Waals surface area (Å²) in [6.45, 7) is 4.16. The molecule has 0 fully saturated rings. The summed E-state index contributed by atoms with van der Waals surface area (Å²) in [4.78, 5) is 4.56. The van der Waals surface area contributed by atoms with Crippen LogP contribution in [0.3, 0.4) is 0 Å². The van der Waals surface area contributed by atoms with E-state index in [1.165, 1.54) is 0 Å². The third-order valence-corrected chi connectivity index (χ3v) is 4.79. The Labute approximate surface area is 163 Å². The van der Waals surface area contributed by atoms with Gasteiger partial charge in [-0.3, -0.25) is 5.43 Å². The van der Waals surface area contributed by atoms with Crippen molar-refractivity contribution in [3.63, 3.8) is 0 Å². The van der Waals surface area contributed by atoms with Crippen LogP contribution in [0.2, 0.25) is 5.02 Å². The predicted octanol–water partition coefficient (Wildman–Crippen LogP) is 5.74. The fourth-order valence-corrected chi connectivity index (χ4v) is 3.33. The number of aromatic nitrogens is 2. The highest BCUT2D eigenvalue weighted by Gasteiger charge is 2.09. The highest BCUT2D eigenvalue weighted by molar-refractivity contribution is 6.30. The van der Waals surface area contributed by atoms with Gasteiger partial charge in [0.25, 0.3) is 0 Å². The normalized spacial score (nSPS) is 11.4. The summed E-state index contributed by atoms with van der Waals surface area (Å²) < 4.78 is 2.19. The molecule has 2 heterocycles. The topological polar surface area (TPSA) is 42.2 Å². The standard InChI is InChI=1S/C22H19ClN4/c1-15-13-18(16(2)27(15)20-10-8-19(23)9-11-20)14-24-26-22-12-7-17-5-3-4-6-21(17)25-22/h3-14H,1-2H3,(H,25,26)/b24-14-. The molecule has 134 valence electrons. The van der Waals surface area contributed by atoms with E-state index in [-0.39, 0.29) is 0 Å². The molecule has 0 saturated carbocycles. The molecule has 2 aromatic heterocycles. The largest absolute Gasteiger partial charge is 0.318 e. The highest BCUT2D eigenvalue weighted by atomic mass is 35.5. The molecule has 0 aliphatic rings. The van der Waals surface area contributed by atoms with Crippen LogP contribution in [0.1, 0.15) is 17.0 Å². The molecule has 0 aliphatic heterocycles. The van der Waals surface area contributed by atoms with Gasteiger partial charge in [0, 0.05) is 33.0 Å². The zero-order valence-corrected chi connectivity index (χ0v) is 15.9. The predicted molar refractivity (Wildman–Crippen MR) is 113 cm³/mol. The van der Waals surface area contributed by atoms with Crippen molar-refractivity contribution < 1.29 is 0 Å². The van der Waals surface area contributed by atoms with Crippen molar-refractivity contribution in [2.45, 2.75) is 13.8 Å². The third kappa shape index (κ3) is 3.57. The number of nitrogens with zero attached hydrogens (tertiary/aromatic N) is 3. The minimum atomic E-state index is 0.719. The van der Waals surface area contributed by atoms with Gasteiger partial charge in [0.05, 0.1) is 11.7 Å². The van der Waals surface area contributed by atoms with E-state index in [4.69, 9.17) is 11.6 Å². The molecular weight excluding hydrogens is 356 g/mol. The summed E-state index contributed by atoms with van der Waals surface area (Å²) in [5.41, 5.74) is 8.35. The van der Waals surface area contributed by atoms with E-state index in [1.807, 2.05) is 66.9 Å². The van der Waals surface area contributed by atoms with Crippen molar-refractivity contribution in [1.82, 2.24) is 9.55 Å². The second kappa shape index (κ2) is 7.25. The van der Waals surface area contributed by atoms with Crippen LogP contribution in [-0.2, 0) is 0 Å². The SMILES string of the molecule is Cc1cc(/C=N\Nc2ccc3ccccc3n2)c(C)n1-c1ccc(Cl)cc1. The zero-order chi connectivity index (χ0) is 18.8. The summed E-state index contributed by atoms with van der Waals surface area (Å²) >= 11 is 6.00. The number of benzene rings is 2. The first-order valence-electron chi connectivity index (χ1n) is 8.71. The van der Waals surface area contributed by atoms with Gasteiger partial charge in [0.2, 0.25) is 0 Å². The smallest absolute Gasteiger partial charge is 0.146 e. The average Bonchev–Trinajstić information content (AvgIpc) is 2.96. The van der Waals surface area contributed by atoms with Crippen LogP contribution in [0.15, 0.2) is 71.8 Å². The monoisotopic (exact) mass is 374 g/mol. The van der Waals surface area contributed by atoms with Gasteiger partial charge >= 0.3 is 0 Å². The van der Waals surface area contributed by atoms with Crippen molar-refractivity contribution in [3.05, 3.63) is 88.7 Å². The molecule has 1 N–H and O–H groups in total. The minimum absolute atomic E-state index is 0.719. The summed E-state index contributed by atoms with van der Waals surface area (Å²) in [6, 6.07) is 21.9. The lowest BCUT2D eigenvalue weighted by Crippen LogP contribution is -1.99. The van der Waals surface area contributed by atoms with Crippen LogP contribution < -0.4 is 5.43 Å². The fourth-order valence-electron chi connectivity index (χ4n) is 3.20. The lowest BCUT2D eigenvalue weighted by molar-refractivity contribution is 0.965. The summed E-state index contributed by atoms with van der Waals surface area (Å²) in [6.07, 6.45) is 1.83. The van der Waals surface area contributed by atoms with Crippen LogP contribution in [0.25, 0.3) is 16.6 Å². The number of rotatable bonds is 4. The molecule has 0 spiro atoms. The Morgan fingerprint density at radius 1 is 1.00 bits per heavy atom. The third-order valence-electron chi connectivity index (χ3n) is 4.54. The molecule has 0 radical (unpaired) electrons. The second-order valence-electron chi connectivity index (χ2n) is 6.40. The van der Waals surface area contributed by atoms with Crippen LogP contribution in [0.5, 0.6) is 0 Å². The number of halogens is 1. The summed E-state index contributed by atoms with van der Waals surface area (Å²) in [5.74, 6) is 0.719. The second-order valence-corrected chi connectivity index (χ2v) is 6.83. The molecule has 0 atom stereocenters. The first-order valence-corrected chi connectivity index (χ1v) is 9.09. The number of hydrogen-bond donors (Lipinski definition) is 1. The van der Waals surface area contributed by atoms with Gasteiger partial charge in [-0.25, -0.2) is 4.98 Å². The number of fused-ring (bicyclic) bond motifs is 1. The number of anilines is 1. The molecule has 4 rings (SSSR count). The van der Waals surface area contributed by atoms with Gasteiger partial charge in [-0.15, -0.1) is 0 Å². The van der Waals surface area contributed by atoms with Crippen molar-refractivity contribution in [2.75, 3.05) is 5.43 Å². The Bertz CT molecular complexity index is 1130. The maximum atomic E-state index is 6.00. The molecule has 5 heteroatoms. The Morgan fingerprint density at radius 3 is 2.59 bits per heavy atom. The maximum Gasteiger partial charge on any atom is 0.146 e. The van der Waals surface area contributed by atoms with Crippen LogP contribution in [0.4, 0.5) is 5.82 Å². The van der Waals surface area contributed by atoms with Crippen molar-refractivity contribution in [1.29, 1.82) is 0 Å². The highest BCUT2D eigenvalue weighted by Crippen LogP contribution is 2.21. The van der Waals surface area contributed by atoms with E-state index >= 15 is 0 Å². The summed E-state index contributed by atoms with van der Waals surface area (Å²) in [7, 11) is 0. The Balaban J connectivity index is 1.57. The molecule has 0 saturated heterocycles. The molecule has 4 nitrogen and oxygen atoms in total. The Morgan fingerprint density at radius 2 is 1.78 bits per heavy atom. The van der Waals surface area contributed by atoms with E-state index < -0.39 is 0 Å². The number of pyridine rings is 1. The van der Waals surface area contributed by atoms with Gasteiger partial charge in [-0.2, -0.15) is 5.10 Å². The molecule has 0 bridgehead atoms. The fraction of sp³-hybridized carbons (Fsp3) is 0.0909. The number of hydrogen-bond acceptors (Lipinski definition) is 3. The zero-order valence-electron chi connectivity index (χ0n) is 15.1. The van der Waals surface area contributed by atoms with Gasteiger partial charge in [0.15, 0.2) is 0 Å². The van der Waals surface area contributed by atoms with E-state index in [9.17, 15) is 0 Å². The van der Waals surface area contributed by atoms with E-state index in [0.29, 0.717) is 0 Å². The number of para-hydroxylation sites is 1. The lowest BCUT2D eigenvalue weighted by Gasteiger charge is -2.09. The Kier molecular flexibility index (Phi) is 4.65. The molecule has 0 amide bonds. The van der Waals surface area contributed by atoms with Gasteiger partial charge in [-0.1, -0.05) is 29.8 Å². The maximum absolute atomic E-state index is 6.00. The van der Waals surface area contributed by atoms with Gasteiger partial charge < -0.3 is 4.57 Å². The molecule has 0 unspecified atom stereocenters. The first kappa shape index (κ1) is 17.3. The first-order chi connectivity index (χ1) is 13.1. The van der Waals surface area contributed by atoms with Gasteiger partial charge in [0.1, 0.15) is 5.82 Å². The molecule has 27 heavy (non-hydrogen) atoms. The van der Waals surface area contributed by atoms with E-state index in [1.54, 1.807) is 0 Å². The van der Waals surface area contributed by atoms with Crippen LogP contribution in [0, 0.1) is 13.8 Å². The van der Waals surface area contributed by atoms with Crippen molar-refractivity contribution >= 4 is 34.5 Å². The average molecular weight is 375 g/mol. The minimum Gasteiger partial charge on any atom is -0.318 e. The molecule has 2 aromatic carbocycles. The van der Waals surface area contributed by atoms with Crippen LogP contribution in [-0.4, -0.2) is 15.8 Å². The number of nitrogens with one attached hydrogen (secondary N) is 1. The Hall–Kier alpha value is -3.11. The number of aryl methyl sites for hydroxylation is 1. The molecular formula is C22H19ClN4. The number of hydrazone groups is 1. The lowest BCUT2D eigenvalue weighted by atomic mass is 10.2. The summed E-state index contributed by atoms with van der Waals surface area (Å²) in [5, 5.41) is 6.21. The molecule has 0 aliphatic carbocycles. The van der Waals surface area contributed by atoms with Crippen molar-refractivity contribution in [2.24, 2.45) is 5.10 Å². The molecule has 4 aromatic rings. The van der Waals surface area contributed by atoms with E-state index in [2.05, 4.69) is 40.0 Å². The van der Waals surface area contributed by atoms with Gasteiger partial charge in [-0.05, 0) is 62.4 Å². The van der Waals surface area contributed by atoms with Crippen LogP contribution >= 0.6 is 11.6 Å².